The Morgan fingerprint density at radius 3 is 2.63 bits per heavy atom. The summed E-state index contributed by atoms with van der Waals surface area (Å²) in [6.07, 6.45) is 2.82. The molecule has 38 heavy (non-hydrogen) atoms. The van der Waals surface area contributed by atoms with E-state index in [1.54, 1.807) is 13.8 Å². The van der Waals surface area contributed by atoms with Gasteiger partial charge in [0.25, 0.3) is 0 Å². The van der Waals surface area contributed by atoms with E-state index in [2.05, 4.69) is 63.9 Å². The van der Waals surface area contributed by atoms with Gasteiger partial charge in [0.2, 0.25) is 10.0 Å². The first kappa shape index (κ1) is 28.8. The normalized spacial score (nSPS) is 26.3. The van der Waals surface area contributed by atoms with E-state index in [9.17, 15) is 18.3 Å². The topological polar surface area (TPSA) is 131 Å². The molecule has 1 fully saturated rings. The van der Waals surface area contributed by atoms with Gasteiger partial charge in [0.15, 0.2) is 5.76 Å². The number of aliphatic carboxylic acids is 1. The fraction of sp³-hybridized carbons (Fsp3) is 0.593. The van der Waals surface area contributed by atoms with Gasteiger partial charge in [-0.1, -0.05) is 53.4 Å². The van der Waals surface area contributed by atoms with Crippen LogP contribution in [0.15, 0.2) is 31.2 Å². The van der Waals surface area contributed by atoms with Gasteiger partial charge < -0.3 is 14.5 Å². The quantitative estimate of drug-likeness (QED) is 0.301. The summed E-state index contributed by atoms with van der Waals surface area (Å²) in [5.74, 6) is -0.453. The Morgan fingerprint density at radius 1 is 1.32 bits per heavy atom. The second kappa shape index (κ2) is 10.4. The van der Waals surface area contributed by atoms with Gasteiger partial charge in [-0.3, -0.25) is 4.79 Å². The smallest absolute Gasteiger partial charge is 0.309 e. The molecule has 0 aliphatic heterocycles. The summed E-state index contributed by atoms with van der Waals surface area (Å²) in [4.78, 5) is 18.2. The van der Waals surface area contributed by atoms with E-state index in [-0.39, 0.29) is 41.1 Å². The van der Waals surface area contributed by atoms with Crippen molar-refractivity contribution < 1.29 is 27.7 Å². The third-order valence-corrected chi connectivity index (χ3v) is 10.8. The van der Waals surface area contributed by atoms with Gasteiger partial charge >= 0.3 is 5.97 Å². The predicted octanol–water partition coefficient (Wildman–Crippen LogP) is 5.43. The van der Waals surface area contributed by atoms with Gasteiger partial charge in [-0.05, 0) is 80.5 Å². The summed E-state index contributed by atoms with van der Waals surface area (Å²) in [6, 6.07) is 4.28. The maximum absolute atomic E-state index is 12.7. The molecule has 9 nitrogen and oxygen atoms in total. The number of carbonyl (C=O) groups is 1. The van der Waals surface area contributed by atoms with E-state index in [1.807, 2.05) is 6.92 Å². The van der Waals surface area contributed by atoms with Crippen molar-refractivity contribution >= 4 is 37.6 Å². The van der Waals surface area contributed by atoms with Gasteiger partial charge in [0, 0.05) is 16.6 Å². The molecule has 0 saturated heterocycles. The Morgan fingerprint density at radius 2 is 2.03 bits per heavy atom. The van der Waals surface area contributed by atoms with Crippen molar-refractivity contribution in [3.8, 4) is 0 Å². The molecule has 0 bridgehead atoms. The van der Waals surface area contributed by atoms with E-state index in [0.29, 0.717) is 24.2 Å². The molecular formula is C27H36BrN3O6S. The zero-order valence-corrected chi connectivity index (χ0v) is 25.1. The van der Waals surface area contributed by atoms with Crippen LogP contribution in [0.1, 0.15) is 87.4 Å². The average molecular weight is 611 g/mol. The van der Waals surface area contributed by atoms with Crippen molar-refractivity contribution in [3.05, 3.63) is 44.7 Å². The zero-order valence-electron chi connectivity index (χ0n) is 22.7. The van der Waals surface area contributed by atoms with Crippen molar-refractivity contribution in [1.29, 1.82) is 0 Å². The number of oxime groups is 1. The number of rotatable bonds is 8. The molecule has 0 radical (unpaired) electrons. The number of nitrogens with zero attached hydrogens (tertiary/aromatic N) is 2. The summed E-state index contributed by atoms with van der Waals surface area (Å²) in [7, 11) is -3.81. The Balaban J connectivity index is 1.63. The molecule has 0 amide bonds. The zero-order chi connectivity index (χ0) is 28.0. The molecule has 1 aromatic heterocycles. The number of aromatic nitrogens is 1. The van der Waals surface area contributed by atoms with Crippen LogP contribution in [-0.2, 0) is 25.1 Å². The van der Waals surface area contributed by atoms with Crippen molar-refractivity contribution in [2.24, 2.45) is 16.5 Å². The van der Waals surface area contributed by atoms with Crippen molar-refractivity contribution in [2.45, 2.75) is 83.5 Å². The van der Waals surface area contributed by atoms with Crippen LogP contribution in [0.3, 0.4) is 0 Å². The third-order valence-electron chi connectivity index (χ3n) is 8.40. The molecule has 1 heterocycles. The second-order valence-electron chi connectivity index (χ2n) is 11.2. The number of carboxylic acid groups (broad SMARTS) is 1. The van der Waals surface area contributed by atoms with E-state index in [0.717, 1.165) is 34.0 Å². The average Bonchev–Trinajstić information content (AvgIpc) is 3.17. The van der Waals surface area contributed by atoms with Crippen LogP contribution in [-0.4, -0.2) is 43.5 Å². The summed E-state index contributed by atoms with van der Waals surface area (Å²) < 4.78 is 33.8. The molecule has 1 aromatic carbocycles. The fourth-order valence-corrected chi connectivity index (χ4v) is 8.45. The second-order valence-corrected chi connectivity index (χ2v) is 13.8. The molecule has 4 rings (SSSR count). The van der Waals surface area contributed by atoms with E-state index in [4.69, 9.17) is 9.36 Å². The van der Waals surface area contributed by atoms with Crippen LogP contribution >= 0.6 is 15.9 Å². The SMILES string of the molecule is Cc1noc(C)c1S(=O)(=O)NCCO/N=C1\C[C@H]2[C@](C)(C(=O)O)CCC[C@]2(C)c2cc(Br)c(C(C)C)cc21. The van der Waals surface area contributed by atoms with Crippen LogP contribution < -0.4 is 4.72 Å². The van der Waals surface area contributed by atoms with Crippen LogP contribution in [0.25, 0.3) is 0 Å². The lowest BCUT2D eigenvalue weighted by atomic mass is 9.49. The molecule has 11 heteroatoms. The molecule has 0 spiro atoms. The molecule has 1 saturated carbocycles. The number of benzene rings is 1. The van der Waals surface area contributed by atoms with E-state index < -0.39 is 21.4 Å². The van der Waals surface area contributed by atoms with Gasteiger partial charge in [-0.25, -0.2) is 13.1 Å². The summed E-state index contributed by atoms with van der Waals surface area (Å²) in [6.45, 7) is 11.4. The number of hydrogen-bond acceptors (Lipinski definition) is 7. The summed E-state index contributed by atoms with van der Waals surface area (Å²) >= 11 is 3.75. The molecule has 208 valence electrons. The monoisotopic (exact) mass is 609 g/mol. The minimum atomic E-state index is -3.81. The van der Waals surface area contributed by atoms with Crippen LogP contribution in [0.4, 0.5) is 0 Å². The first-order chi connectivity index (χ1) is 17.7. The van der Waals surface area contributed by atoms with Crippen LogP contribution in [0.2, 0.25) is 0 Å². The third kappa shape index (κ3) is 4.93. The van der Waals surface area contributed by atoms with Gasteiger partial charge in [0.05, 0.1) is 11.1 Å². The van der Waals surface area contributed by atoms with Gasteiger partial charge in [0.1, 0.15) is 17.2 Å². The molecular weight excluding hydrogens is 574 g/mol. The van der Waals surface area contributed by atoms with E-state index in [1.165, 1.54) is 0 Å². The highest BCUT2D eigenvalue weighted by molar-refractivity contribution is 9.10. The Hall–Kier alpha value is -2.24. The van der Waals surface area contributed by atoms with Crippen molar-refractivity contribution in [3.63, 3.8) is 0 Å². The molecule has 2 aromatic rings. The maximum Gasteiger partial charge on any atom is 0.309 e. The summed E-state index contributed by atoms with van der Waals surface area (Å²) in [5, 5.41) is 18.4. The highest BCUT2D eigenvalue weighted by atomic mass is 79.9. The highest BCUT2D eigenvalue weighted by Crippen LogP contribution is 2.58. The van der Waals surface area contributed by atoms with Crippen LogP contribution in [0.5, 0.6) is 0 Å². The Labute approximate surface area is 232 Å². The van der Waals surface area contributed by atoms with E-state index >= 15 is 0 Å². The standard InChI is InChI=1S/C27H36BrN3O6S/c1-15(2)18-12-19-20(13-21(18)28)26(5)8-7-9-27(6,25(32)33)23(26)14-22(19)31-36-11-10-29-38(34,35)24-16(3)30-37-17(24)4/h12-13,15,23,29H,7-11,14H2,1-6H3,(H,32,33)/b31-22+/t23-,26-,27-/m1/s1. The lowest BCUT2D eigenvalue weighted by molar-refractivity contribution is -0.156. The number of nitrogens with one attached hydrogen (secondary N) is 1. The molecule has 0 unspecified atom stereocenters. The largest absolute Gasteiger partial charge is 0.481 e. The Bertz CT molecular complexity index is 1370. The molecule has 2 N–H and O–H groups in total. The number of hydrogen-bond donors (Lipinski definition) is 2. The minimum Gasteiger partial charge on any atom is -0.481 e. The van der Waals surface area contributed by atoms with Gasteiger partial charge in [-0.15, -0.1) is 0 Å². The first-order valence-corrected chi connectivity index (χ1v) is 15.2. The number of aryl methyl sites for hydroxylation is 2. The summed E-state index contributed by atoms with van der Waals surface area (Å²) in [5.41, 5.74) is 2.97. The molecule has 3 atom stereocenters. The minimum absolute atomic E-state index is 0.00158. The number of halogens is 1. The lowest BCUT2D eigenvalue weighted by Gasteiger charge is -2.53. The number of carboxylic acids is 1. The number of fused-ring (bicyclic) bond motifs is 3. The predicted molar refractivity (Wildman–Crippen MR) is 147 cm³/mol. The van der Waals surface area contributed by atoms with Crippen molar-refractivity contribution in [1.82, 2.24) is 9.88 Å². The van der Waals surface area contributed by atoms with Crippen molar-refractivity contribution in [2.75, 3.05) is 13.2 Å². The fourth-order valence-electron chi connectivity index (χ4n) is 6.31. The lowest BCUT2D eigenvalue weighted by Crippen LogP contribution is -2.53. The molecule has 2 aliphatic rings. The first-order valence-electron chi connectivity index (χ1n) is 12.9. The molecule has 2 aliphatic carbocycles. The number of sulfonamides is 1. The van der Waals surface area contributed by atoms with Crippen LogP contribution in [0, 0.1) is 25.2 Å². The maximum atomic E-state index is 12.7. The van der Waals surface area contributed by atoms with Gasteiger partial charge in [-0.2, -0.15) is 0 Å². The Kier molecular flexibility index (Phi) is 7.86. The highest BCUT2D eigenvalue weighted by Gasteiger charge is 2.56.